The number of hydrogen-bond donors (Lipinski definition) is 0. The van der Waals surface area contributed by atoms with E-state index in [4.69, 9.17) is 16.3 Å². The third kappa shape index (κ3) is 2.85. The number of hydrogen-bond acceptors (Lipinski definition) is 5. The summed E-state index contributed by atoms with van der Waals surface area (Å²) in [5, 5.41) is 9.32. The van der Waals surface area contributed by atoms with Crippen LogP contribution in [-0.4, -0.2) is 28.7 Å². The van der Waals surface area contributed by atoms with Crippen LogP contribution in [0.2, 0.25) is 5.15 Å². The molecule has 0 spiro atoms. The molecule has 2 aromatic heterocycles. The highest BCUT2D eigenvalue weighted by atomic mass is 35.5. The topological polar surface area (TPSA) is 54.8 Å². The Morgan fingerprint density at radius 3 is 2.88 bits per heavy atom. The van der Waals surface area contributed by atoms with Crippen molar-refractivity contribution in [2.45, 2.75) is 19.4 Å². The van der Waals surface area contributed by atoms with Crippen LogP contribution in [0.4, 0.5) is 0 Å². The molecule has 5 nitrogen and oxygen atoms in total. The first-order chi connectivity index (χ1) is 12.6. The van der Waals surface area contributed by atoms with Crippen LogP contribution in [0.1, 0.15) is 29.8 Å². The fraction of sp³-hybridized carbons (Fsp3) is 0.211. The van der Waals surface area contributed by atoms with Crippen molar-refractivity contribution in [3.8, 4) is 5.75 Å². The molecule has 1 aliphatic rings. The SMILES string of the molecule is COc1cccc2cc([C@H]3CC(c4cccs4)=NN3C(C)=O)c(Cl)nc12. The number of para-hydroxylation sites is 1. The molecule has 0 N–H and O–H groups in total. The van der Waals surface area contributed by atoms with Gasteiger partial charge in [-0.05, 0) is 23.6 Å². The number of hydrazone groups is 1. The Balaban J connectivity index is 1.79. The molecule has 1 amide bonds. The van der Waals surface area contributed by atoms with Crippen molar-refractivity contribution in [3.05, 3.63) is 57.4 Å². The maximum atomic E-state index is 12.2. The zero-order valence-corrected chi connectivity index (χ0v) is 15.8. The van der Waals surface area contributed by atoms with Gasteiger partial charge in [0.1, 0.15) is 16.4 Å². The summed E-state index contributed by atoms with van der Waals surface area (Å²) >= 11 is 8.11. The van der Waals surface area contributed by atoms with Gasteiger partial charge in [0.25, 0.3) is 0 Å². The maximum absolute atomic E-state index is 12.2. The lowest BCUT2D eigenvalue weighted by molar-refractivity contribution is -0.130. The first-order valence-electron chi connectivity index (χ1n) is 8.13. The van der Waals surface area contributed by atoms with E-state index >= 15 is 0 Å². The van der Waals surface area contributed by atoms with E-state index in [-0.39, 0.29) is 11.9 Å². The van der Waals surface area contributed by atoms with E-state index in [0.717, 1.165) is 21.5 Å². The van der Waals surface area contributed by atoms with Crippen molar-refractivity contribution >= 4 is 45.5 Å². The molecule has 3 aromatic rings. The van der Waals surface area contributed by atoms with Gasteiger partial charge in [0.05, 0.1) is 23.7 Å². The molecule has 132 valence electrons. The van der Waals surface area contributed by atoms with Gasteiger partial charge in [-0.2, -0.15) is 5.10 Å². The number of ether oxygens (including phenoxy) is 1. The van der Waals surface area contributed by atoms with Crippen LogP contribution in [0, 0.1) is 0 Å². The van der Waals surface area contributed by atoms with Gasteiger partial charge in [0.15, 0.2) is 0 Å². The molecule has 0 bridgehead atoms. The Morgan fingerprint density at radius 1 is 1.35 bits per heavy atom. The summed E-state index contributed by atoms with van der Waals surface area (Å²) in [7, 11) is 1.61. The second-order valence-electron chi connectivity index (χ2n) is 6.01. The number of carbonyl (C=O) groups excluding carboxylic acids is 1. The molecule has 4 rings (SSSR count). The monoisotopic (exact) mass is 385 g/mol. The van der Waals surface area contributed by atoms with Gasteiger partial charge in [0.2, 0.25) is 5.91 Å². The van der Waals surface area contributed by atoms with E-state index < -0.39 is 0 Å². The van der Waals surface area contributed by atoms with E-state index in [1.807, 2.05) is 41.8 Å². The number of halogens is 1. The van der Waals surface area contributed by atoms with Crippen molar-refractivity contribution in [2.24, 2.45) is 5.10 Å². The lowest BCUT2D eigenvalue weighted by atomic mass is 10.0. The van der Waals surface area contributed by atoms with Crippen molar-refractivity contribution < 1.29 is 9.53 Å². The number of carbonyl (C=O) groups is 1. The molecular weight excluding hydrogens is 370 g/mol. The van der Waals surface area contributed by atoms with Gasteiger partial charge in [-0.1, -0.05) is 29.8 Å². The van der Waals surface area contributed by atoms with Crippen LogP contribution in [0.5, 0.6) is 5.75 Å². The van der Waals surface area contributed by atoms with Gasteiger partial charge in [-0.25, -0.2) is 9.99 Å². The molecule has 7 heteroatoms. The number of aromatic nitrogens is 1. The lowest BCUT2D eigenvalue weighted by Gasteiger charge is -2.21. The van der Waals surface area contributed by atoms with Crippen LogP contribution in [-0.2, 0) is 4.79 Å². The van der Waals surface area contributed by atoms with E-state index in [1.165, 1.54) is 11.9 Å². The standard InChI is InChI=1S/C19H16ClN3O2S/c1-11(24)23-15(10-14(22-23)17-7-4-8-26-17)13-9-12-5-3-6-16(25-2)18(12)21-19(13)20/h3-9,15H,10H2,1-2H3/t15-/m1/s1. The van der Waals surface area contributed by atoms with Crippen molar-refractivity contribution in [2.75, 3.05) is 7.11 Å². The Morgan fingerprint density at radius 2 is 2.19 bits per heavy atom. The van der Waals surface area contributed by atoms with Gasteiger partial charge >= 0.3 is 0 Å². The first kappa shape index (κ1) is 17.0. The van der Waals surface area contributed by atoms with Crippen LogP contribution < -0.4 is 4.74 Å². The molecular formula is C19H16ClN3O2S. The summed E-state index contributed by atoms with van der Waals surface area (Å²) in [6.07, 6.45) is 0.608. The normalized spacial score (nSPS) is 16.8. The third-order valence-electron chi connectivity index (χ3n) is 4.41. The Hall–Kier alpha value is -2.44. The number of nitrogens with zero attached hydrogens (tertiary/aromatic N) is 3. The highest BCUT2D eigenvalue weighted by Gasteiger charge is 2.33. The van der Waals surface area contributed by atoms with Crippen molar-refractivity contribution in [1.82, 2.24) is 9.99 Å². The molecule has 1 atom stereocenters. The lowest BCUT2D eigenvalue weighted by Crippen LogP contribution is -2.24. The van der Waals surface area contributed by atoms with E-state index in [9.17, 15) is 4.79 Å². The van der Waals surface area contributed by atoms with Crippen molar-refractivity contribution in [1.29, 1.82) is 0 Å². The average Bonchev–Trinajstić information content (AvgIpc) is 3.30. The van der Waals surface area contributed by atoms with Crippen LogP contribution in [0.15, 0.2) is 46.9 Å². The van der Waals surface area contributed by atoms with Gasteiger partial charge in [-0.3, -0.25) is 4.79 Å². The van der Waals surface area contributed by atoms with E-state index in [2.05, 4.69) is 10.1 Å². The molecule has 0 aliphatic carbocycles. The number of thiophene rings is 1. The van der Waals surface area contributed by atoms with Gasteiger partial charge in [0, 0.05) is 24.3 Å². The van der Waals surface area contributed by atoms with E-state index in [1.54, 1.807) is 18.4 Å². The zero-order valence-electron chi connectivity index (χ0n) is 14.3. The summed E-state index contributed by atoms with van der Waals surface area (Å²) in [6, 6.07) is 11.4. The number of rotatable bonds is 3. The predicted molar refractivity (Wildman–Crippen MR) is 104 cm³/mol. The smallest absolute Gasteiger partial charge is 0.240 e. The number of methoxy groups -OCH3 is 1. The Kier molecular flexibility index (Phi) is 4.38. The average molecular weight is 386 g/mol. The molecule has 0 saturated heterocycles. The molecule has 0 fully saturated rings. The summed E-state index contributed by atoms with van der Waals surface area (Å²) in [5.41, 5.74) is 2.38. The fourth-order valence-electron chi connectivity index (χ4n) is 3.20. The fourth-order valence-corrected chi connectivity index (χ4v) is 4.18. The third-order valence-corrected chi connectivity index (χ3v) is 5.63. The van der Waals surface area contributed by atoms with Crippen LogP contribution >= 0.6 is 22.9 Å². The minimum absolute atomic E-state index is 0.122. The first-order valence-corrected chi connectivity index (χ1v) is 9.38. The minimum atomic E-state index is -0.264. The summed E-state index contributed by atoms with van der Waals surface area (Å²) in [6.45, 7) is 1.51. The van der Waals surface area contributed by atoms with Crippen LogP contribution in [0.25, 0.3) is 10.9 Å². The quantitative estimate of drug-likeness (QED) is 0.616. The molecule has 0 saturated carbocycles. The number of benzene rings is 1. The second-order valence-corrected chi connectivity index (χ2v) is 7.31. The second kappa shape index (κ2) is 6.70. The Bertz CT molecular complexity index is 1020. The molecule has 0 unspecified atom stereocenters. The summed E-state index contributed by atoms with van der Waals surface area (Å²) in [5.74, 6) is 0.546. The number of amides is 1. The molecule has 3 heterocycles. The maximum Gasteiger partial charge on any atom is 0.240 e. The number of pyridine rings is 1. The minimum Gasteiger partial charge on any atom is -0.494 e. The molecule has 0 radical (unpaired) electrons. The van der Waals surface area contributed by atoms with Crippen LogP contribution in [0.3, 0.4) is 0 Å². The highest BCUT2D eigenvalue weighted by molar-refractivity contribution is 7.12. The molecule has 1 aromatic carbocycles. The largest absolute Gasteiger partial charge is 0.494 e. The zero-order chi connectivity index (χ0) is 18.3. The Labute approximate surface area is 159 Å². The van der Waals surface area contributed by atoms with E-state index in [0.29, 0.717) is 22.8 Å². The van der Waals surface area contributed by atoms with Crippen molar-refractivity contribution in [3.63, 3.8) is 0 Å². The molecule has 1 aliphatic heterocycles. The van der Waals surface area contributed by atoms with Gasteiger partial charge < -0.3 is 4.74 Å². The highest BCUT2D eigenvalue weighted by Crippen LogP contribution is 2.38. The number of fused-ring (bicyclic) bond motifs is 1. The van der Waals surface area contributed by atoms with Gasteiger partial charge in [-0.15, -0.1) is 11.3 Å². The summed E-state index contributed by atoms with van der Waals surface area (Å²) in [4.78, 5) is 17.7. The predicted octanol–water partition coefficient (Wildman–Crippen LogP) is 4.66. The summed E-state index contributed by atoms with van der Waals surface area (Å²) < 4.78 is 5.37. The molecule has 26 heavy (non-hydrogen) atoms.